The van der Waals surface area contributed by atoms with E-state index < -0.39 is 6.04 Å². The molecular formula is C32H35N7O3S. The van der Waals surface area contributed by atoms with Crippen LogP contribution < -0.4 is 15.0 Å². The van der Waals surface area contributed by atoms with Crippen LogP contribution in [0.15, 0.2) is 78.2 Å². The van der Waals surface area contributed by atoms with Crippen LogP contribution in [-0.4, -0.2) is 63.9 Å². The average Bonchev–Trinajstić information content (AvgIpc) is 3.64. The van der Waals surface area contributed by atoms with E-state index in [1.54, 1.807) is 16.7 Å². The van der Waals surface area contributed by atoms with Gasteiger partial charge in [-0.05, 0) is 66.6 Å². The Labute approximate surface area is 254 Å². The number of fused-ring (bicyclic) bond motifs is 1. The fourth-order valence-electron chi connectivity index (χ4n) is 4.88. The molecule has 11 heteroatoms. The van der Waals surface area contributed by atoms with Crippen molar-refractivity contribution in [1.29, 1.82) is 0 Å². The standard InChI is InChI=1S/C32H35N7O3S/c1-21(2)31(32(41)33-23-12-14-24(15-13-23)37(3)4)38(30(40)19-39-28-9-7-6-8-26(28)35-36-39)18-29-34-27(20-43-29)22-10-16-25(42-5)17-11-22/h6-17,20-21,31H,18-19H2,1-5H3,(H,33,41). The Morgan fingerprint density at radius 1 is 1.00 bits per heavy atom. The first-order valence-corrected chi connectivity index (χ1v) is 14.9. The fourth-order valence-corrected chi connectivity index (χ4v) is 5.68. The monoisotopic (exact) mass is 597 g/mol. The number of hydrogen-bond donors (Lipinski definition) is 1. The summed E-state index contributed by atoms with van der Waals surface area (Å²) in [6.07, 6.45) is 0. The minimum Gasteiger partial charge on any atom is -0.497 e. The molecule has 43 heavy (non-hydrogen) atoms. The van der Waals surface area contributed by atoms with E-state index in [-0.39, 0.29) is 30.8 Å². The van der Waals surface area contributed by atoms with Gasteiger partial charge in [-0.1, -0.05) is 31.2 Å². The summed E-state index contributed by atoms with van der Waals surface area (Å²) in [6.45, 7) is 3.98. The summed E-state index contributed by atoms with van der Waals surface area (Å²) in [7, 11) is 5.55. The molecule has 0 saturated carbocycles. The van der Waals surface area contributed by atoms with Crippen molar-refractivity contribution < 1.29 is 14.3 Å². The smallest absolute Gasteiger partial charge is 0.247 e. The van der Waals surface area contributed by atoms with E-state index in [0.29, 0.717) is 11.2 Å². The number of ether oxygens (including phenoxy) is 1. The number of methoxy groups -OCH3 is 1. The van der Waals surface area contributed by atoms with Gasteiger partial charge in [0, 0.05) is 36.4 Å². The molecule has 222 valence electrons. The predicted molar refractivity (Wildman–Crippen MR) is 170 cm³/mol. The van der Waals surface area contributed by atoms with E-state index in [4.69, 9.17) is 9.72 Å². The summed E-state index contributed by atoms with van der Waals surface area (Å²) in [6, 6.07) is 22.0. The maximum atomic E-state index is 14.0. The van der Waals surface area contributed by atoms with Gasteiger partial charge in [0.1, 0.15) is 28.9 Å². The molecule has 0 aliphatic heterocycles. The Morgan fingerprint density at radius 3 is 2.40 bits per heavy atom. The predicted octanol–water partition coefficient (Wildman–Crippen LogP) is 5.32. The number of carbonyl (C=O) groups excluding carboxylic acids is 2. The topological polar surface area (TPSA) is 105 Å². The first-order chi connectivity index (χ1) is 20.7. The van der Waals surface area contributed by atoms with Crippen LogP contribution in [0.5, 0.6) is 5.75 Å². The molecule has 1 N–H and O–H groups in total. The number of rotatable bonds is 11. The molecule has 0 saturated heterocycles. The minimum atomic E-state index is -0.760. The van der Waals surface area contributed by atoms with Crippen LogP contribution in [0.1, 0.15) is 18.9 Å². The number of benzene rings is 3. The highest BCUT2D eigenvalue weighted by Gasteiger charge is 2.34. The van der Waals surface area contributed by atoms with Crippen molar-refractivity contribution in [3.8, 4) is 17.0 Å². The normalized spacial score (nSPS) is 11.9. The van der Waals surface area contributed by atoms with Gasteiger partial charge < -0.3 is 19.9 Å². The zero-order chi connectivity index (χ0) is 30.5. The molecule has 2 amide bonds. The number of hydrogen-bond acceptors (Lipinski definition) is 8. The van der Waals surface area contributed by atoms with Crippen LogP contribution >= 0.6 is 11.3 Å². The van der Waals surface area contributed by atoms with Crippen molar-refractivity contribution in [2.75, 3.05) is 31.4 Å². The van der Waals surface area contributed by atoms with Crippen LogP contribution in [0, 0.1) is 5.92 Å². The van der Waals surface area contributed by atoms with Gasteiger partial charge in [-0.25, -0.2) is 9.67 Å². The molecule has 2 aromatic heterocycles. The van der Waals surface area contributed by atoms with E-state index in [1.807, 2.05) is 111 Å². The Hall–Kier alpha value is -4.77. The Kier molecular flexibility index (Phi) is 9.01. The third-order valence-corrected chi connectivity index (χ3v) is 7.99. The fraction of sp³-hybridized carbons (Fsp3) is 0.281. The highest BCUT2D eigenvalue weighted by Crippen LogP contribution is 2.27. The molecule has 0 aliphatic rings. The highest BCUT2D eigenvalue weighted by molar-refractivity contribution is 7.09. The van der Waals surface area contributed by atoms with Crippen molar-refractivity contribution in [2.24, 2.45) is 5.92 Å². The summed E-state index contributed by atoms with van der Waals surface area (Å²) in [5, 5.41) is 14.1. The van der Waals surface area contributed by atoms with Gasteiger partial charge in [-0.2, -0.15) is 0 Å². The number of amides is 2. The molecule has 5 aromatic rings. The third kappa shape index (κ3) is 6.83. The Bertz CT molecular complexity index is 1690. The summed E-state index contributed by atoms with van der Waals surface area (Å²) < 4.78 is 6.85. The van der Waals surface area contributed by atoms with E-state index >= 15 is 0 Å². The second-order valence-corrected chi connectivity index (χ2v) is 11.7. The number of nitrogens with one attached hydrogen (secondary N) is 1. The van der Waals surface area contributed by atoms with Gasteiger partial charge in [0.25, 0.3) is 0 Å². The number of nitrogens with zero attached hydrogens (tertiary/aromatic N) is 6. The van der Waals surface area contributed by atoms with Gasteiger partial charge >= 0.3 is 0 Å². The van der Waals surface area contributed by atoms with Gasteiger partial charge in [0.2, 0.25) is 11.8 Å². The lowest BCUT2D eigenvalue weighted by atomic mass is 10.0. The molecule has 5 rings (SSSR count). The summed E-state index contributed by atoms with van der Waals surface area (Å²) in [5.74, 6) is 0.0576. The number of thiazole rings is 1. The third-order valence-electron chi connectivity index (χ3n) is 7.16. The van der Waals surface area contributed by atoms with E-state index in [9.17, 15) is 9.59 Å². The SMILES string of the molecule is COc1ccc(-c2csc(CN(C(=O)Cn3nnc4ccccc43)C(C(=O)Nc3ccc(N(C)C)cc3)C(C)C)n2)cc1. The maximum Gasteiger partial charge on any atom is 0.247 e. The lowest BCUT2D eigenvalue weighted by Gasteiger charge is -2.33. The highest BCUT2D eigenvalue weighted by atomic mass is 32.1. The Morgan fingerprint density at radius 2 is 1.72 bits per heavy atom. The van der Waals surface area contributed by atoms with Crippen molar-refractivity contribution in [3.05, 3.63) is 83.2 Å². The maximum absolute atomic E-state index is 14.0. The number of para-hydroxylation sites is 1. The number of carbonyl (C=O) groups is 2. The van der Waals surface area contributed by atoms with Gasteiger partial charge in [0.05, 0.1) is 24.9 Å². The van der Waals surface area contributed by atoms with Crippen molar-refractivity contribution >= 4 is 45.6 Å². The van der Waals surface area contributed by atoms with E-state index in [0.717, 1.165) is 33.2 Å². The molecule has 2 heterocycles. The summed E-state index contributed by atoms with van der Waals surface area (Å²) >= 11 is 1.45. The van der Waals surface area contributed by atoms with Crippen LogP contribution in [0.3, 0.4) is 0 Å². The van der Waals surface area contributed by atoms with Crippen LogP contribution in [-0.2, 0) is 22.7 Å². The van der Waals surface area contributed by atoms with Gasteiger partial charge in [0.15, 0.2) is 0 Å². The Balaban J connectivity index is 1.44. The van der Waals surface area contributed by atoms with Crippen LogP contribution in [0.4, 0.5) is 11.4 Å². The van der Waals surface area contributed by atoms with Crippen LogP contribution in [0.25, 0.3) is 22.3 Å². The van der Waals surface area contributed by atoms with Crippen LogP contribution in [0.2, 0.25) is 0 Å². The van der Waals surface area contributed by atoms with Gasteiger partial charge in [-0.15, -0.1) is 16.4 Å². The first-order valence-electron chi connectivity index (χ1n) is 14.0. The number of aromatic nitrogens is 4. The molecule has 0 spiro atoms. The van der Waals surface area contributed by atoms with Crippen molar-refractivity contribution in [3.63, 3.8) is 0 Å². The quantitative estimate of drug-likeness (QED) is 0.220. The zero-order valence-electron chi connectivity index (χ0n) is 24.9. The van der Waals surface area contributed by atoms with Crippen molar-refractivity contribution in [1.82, 2.24) is 24.9 Å². The van der Waals surface area contributed by atoms with Gasteiger partial charge in [-0.3, -0.25) is 9.59 Å². The number of anilines is 2. The molecular weight excluding hydrogens is 562 g/mol. The first kappa shape index (κ1) is 29.7. The lowest BCUT2D eigenvalue weighted by Crippen LogP contribution is -2.50. The second kappa shape index (κ2) is 13.0. The lowest BCUT2D eigenvalue weighted by molar-refractivity contribution is -0.141. The molecule has 1 atom stereocenters. The molecule has 0 bridgehead atoms. The molecule has 10 nitrogen and oxygen atoms in total. The molecule has 0 fully saturated rings. The molecule has 1 unspecified atom stereocenters. The zero-order valence-corrected chi connectivity index (χ0v) is 25.7. The largest absolute Gasteiger partial charge is 0.497 e. The minimum absolute atomic E-state index is 0.0642. The molecule has 0 radical (unpaired) electrons. The summed E-state index contributed by atoms with van der Waals surface area (Å²) in [4.78, 5) is 36.3. The average molecular weight is 598 g/mol. The second-order valence-electron chi connectivity index (χ2n) is 10.7. The van der Waals surface area contributed by atoms with E-state index in [2.05, 4.69) is 15.6 Å². The van der Waals surface area contributed by atoms with Crippen molar-refractivity contribution in [2.45, 2.75) is 33.0 Å². The molecule has 3 aromatic carbocycles. The summed E-state index contributed by atoms with van der Waals surface area (Å²) in [5.41, 5.74) is 4.86. The van der Waals surface area contributed by atoms with E-state index in [1.165, 1.54) is 11.3 Å². The molecule has 0 aliphatic carbocycles.